The first-order chi connectivity index (χ1) is 8.22. The van der Waals surface area contributed by atoms with Crippen molar-refractivity contribution in [1.29, 1.82) is 0 Å². The van der Waals surface area contributed by atoms with E-state index in [1.54, 1.807) is 19.1 Å². The lowest BCUT2D eigenvalue weighted by molar-refractivity contribution is 0.0744. The second kappa shape index (κ2) is 5.01. The van der Waals surface area contributed by atoms with E-state index in [2.05, 4.69) is 4.98 Å². The molecular formula is C13H16N2O2. The van der Waals surface area contributed by atoms with E-state index in [0.29, 0.717) is 18.7 Å². The van der Waals surface area contributed by atoms with Gasteiger partial charge >= 0.3 is 0 Å². The Labute approximate surface area is 100 Å². The number of nitrogens with zero attached hydrogens (tertiary/aromatic N) is 1. The largest absolute Gasteiger partial charge is 0.383 e. The van der Waals surface area contributed by atoms with Crippen molar-refractivity contribution in [3.8, 4) is 0 Å². The molecule has 0 saturated heterocycles. The van der Waals surface area contributed by atoms with Gasteiger partial charge in [-0.2, -0.15) is 0 Å². The SMILES string of the molecule is COCCN(C)C(=O)c1ccc2cc[nH]c2c1. The van der Waals surface area contributed by atoms with Crippen LogP contribution in [-0.4, -0.2) is 43.1 Å². The summed E-state index contributed by atoms with van der Waals surface area (Å²) in [5.74, 6) is 0.0125. The fourth-order valence-corrected chi connectivity index (χ4v) is 1.73. The van der Waals surface area contributed by atoms with E-state index in [4.69, 9.17) is 4.74 Å². The fourth-order valence-electron chi connectivity index (χ4n) is 1.73. The van der Waals surface area contributed by atoms with Crippen LogP contribution in [0.3, 0.4) is 0 Å². The minimum Gasteiger partial charge on any atom is -0.383 e. The molecule has 17 heavy (non-hydrogen) atoms. The van der Waals surface area contributed by atoms with E-state index < -0.39 is 0 Å². The topological polar surface area (TPSA) is 45.3 Å². The molecule has 2 rings (SSSR count). The van der Waals surface area contributed by atoms with Crippen LogP contribution in [0.2, 0.25) is 0 Å². The average Bonchev–Trinajstić information content (AvgIpc) is 2.81. The molecule has 1 heterocycles. The molecule has 0 unspecified atom stereocenters. The van der Waals surface area contributed by atoms with E-state index in [9.17, 15) is 4.79 Å². The summed E-state index contributed by atoms with van der Waals surface area (Å²) >= 11 is 0. The zero-order chi connectivity index (χ0) is 12.3. The minimum absolute atomic E-state index is 0.0125. The molecule has 0 atom stereocenters. The molecule has 0 aliphatic heterocycles. The first-order valence-electron chi connectivity index (χ1n) is 5.54. The maximum absolute atomic E-state index is 12.1. The molecule has 90 valence electrons. The molecule has 2 aromatic rings. The van der Waals surface area contributed by atoms with Crippen molar-refractivity contribution in [2.75, 3.05) is 27.3 Å². The normalized spacial score (nSPS) is 10.7. The van der Waals surface area contributed by atoms with E-state index in [0.717, 1.165) is 10.9 Å². The minimum atomic E-state index is 0.0125. The smallest absolute Gasteiger partial charge is 0.253 e. The lowest BCUT2D eigenvalue weighted by Gasteiger charge is -2.16. The third-order valence-corrected chi connectivity index (χ3v) is 2.78. The number of rotatable bonds is 4. The standard InChI is InChI=1S/C13H16N2O2/c1-15(7-8-17-2)13(16)11-4-3-10-5-6-14-12(10)9-11/h3-6,9,14H,7-8H2,1-2H3. The van der Waals surface area contributed by atoms with Crippen LogP contribution < -0.4 is 0 Å². The van der Waals surface area contributed by atoms with Gasteiger partial charge in [-0.05, 0) is 23.6 Å². The zero-order valence-electron chi connectivity index (χ0n) is 10.1. The van der Waals surface area contributed by atoms with Gasteiger partial charge in [-0.1, -0.05) is 6.07 Å². The van der Waals surface area contributed by atoms with Gasteiger partial charge in [-0.15, -0.1) is 0 Å². The van der Waals surface area contributed by atoms with Crippen molar-refractivity contribution in [3.63, 3.8) is 0 Å². The van der Waals surface area contributed by atoms with Gasteiger partial charge in [-0.3, -0.25) is 4.79 Å². The number of ether oxygens (including phenoxy) is 1. The molecule has 1 amide bonds. The van der Waals surface area contributed by atoms with E-state index >= 15 is 0 Å². The summed E-state index contributed by atoms with van der Waals surface area (Å²) in [5.41, 5.74) is 1.68. The average molecular weight is 232 g/mol. The highest BCUT2D eigenvalue weighted by atomic mass is 16.5. The Morgan fingerprint density at radius 2 is 2.24 bits per heavy atom. The highest BCUT2D eigenvalue weighted by molar-refractivity contribution is 5.97. The van der Waals surface area contributed by atoms with Crippen molar-refractivity contribution in [2.24, 2.45) is 0 Å². The number of aromatic amines is 1. The maximum atomic E-state index is 12.1. The summed E-state index contributed by atoms with van der Waals surface area (Å²) in [5, 5.41) is 1.11. The summed E-state index contributed by atoms with van der Waals surface area (Å²) < 4.78 is 4.96. The summed E-state index contributed by atoms with van der Waals surface area (Å²) in [6, 6.07) is 7.66. The van der Waals surface area contributed by atoms with Crippen molar-refractivity contribution in [3.05, 3.63) is 36.0 Å². The lowest BCUT2D eigenvalue weighted by atomic mass is 10.1. The van der Waals surface area contributed by atoms with Gasteiger partial charge in [0.15, 0.2) is 0 Å². The predicted octanol–water partition coefficient (Wildman–Crippen LogP) is 1.89. The Morgan fingerprint density at radius 1 is 1.41 bits per heavy atom. The molecule has 0 saturated carbocycles. The zero-order valence-corrected chi connectivity index (χ0v) is 10.1. The first-order valence-corrected chi connectivity index (χ1v) is 5.54. The number of carbonyl (C=O) groups excluding carboxylic acids is 1. The molecule has 4 nitrogen and oxygen atoms in total. The molecule has 0 aliphatic carbocycles. The third kappa shape index (κ3) is 2.47. The van der Waals surface area contributed by atoms with E-state index in [1.807, 2.05) is 30.5 Å². The molecule has 1 aromatic carbocycles. The summed E-state index contributed by atoms with van der Waals surface area (Å²) in [6.45, 7) is 1.14. The van der Waals surface area contributed by atoms with Gasteiger partial charge in [0.05, 0.1) is 6.61 Å². The number of fused-ring (bicyclic) bond motifs is 1. The Hall–Kier alpha value is -1.81. The summed E-state index contributed by atoms with van der Waals surface area (Å²) in [7, 11) is 3.41. The van der Waals surface area contributed by atoms with Crippen molar-refractivity contribution < 1.29 is 9.53 Å². The molecule has 0 radical (unpaired) electrons. The van der Waals surface area contributed by atoms with Crippen LogP contribution in [-0.2, 0) is 4.74 Å². The molecule has 0 aliphatic rings. The number of hydrogen-bond donors (Lipinski definition) is 1. The highest BCUT2D eigenvalue weighted by Gasteiger charge is 2.11. The molecular weight excluding hydrogens is 216 g/mol. The van der Waals surface area contributed by atoms with E-state index in [-0.39, 0.29) is 5.91 Å². The molecule has 1 N–H and O–H groups in total. The lowest BCUT2D eigenvalue weighted by Crippen LogP contribution is -2.29. The number of likely N-dealkylation sites (N-methyl/N-ethyl adjacent to an activating group) is 1. The van der Waals surface area contributed by atoms with Gasteiger partial charge in [-0.25, -0.2) is 0 Å². The number of amides is 1. The van der Waals surface area contributed by atoms with Crippen LogP contribution >= 0.6 is 0 Å². The molecule has 0 fully saturated rings. The number of H-pyrrole nitrogens is 1. The van der Waals surface area contributed by atoms with Gasteiger partial charge in [0.1, 0.15) is 0 Å². The second-order valence-corrected chi connectivity index (χ2v) is 4.00. The maximum Gasteiger partial charge on any atom is 0.253 e. The molecule has 0 bridgehead atoms. The Balaban J connectivity index is 2.17. The van der Waals surface area contributed by atoms with Gasteiger partial charge in [0.2, 0.25) is 0 Å². The van der Waals surface area contributed by atoms with Crippen molar-refractivity contribution in [1.82, 2.24) is 9.88 Å². The molecule has 1 aromatic heterocycles. The predicted molar refractivity (Wildman–Crippen MR) is 67.1 cm³/mol. The molecule has 0 spiro atoms. The first kappa shape index (κ1) is 11.7. The third-order valence-electron chi connectivity index (χ3n) is 2.78. The second-order valence-electron chi connectivity index (χ2n) is 4.00. The van der Waals surface area contributed by atoms with Gasteiger partial charge < -0.3 is 14.6 Å². The quantitative estimate of drug-likeness (QED) is 0.874. The highest BCUT2D eigenvalue weighted by Crippen LogP contribution is 2.15. The van der Waals surface area contributed by atoms with E-state index in [1.165, 1.54) is 0 Å². The van der Waals surface area contributed by atoms with Crippen LogP contribution in [0.25, 0.3) is 10.9 Å². The Bertz CT molecular complexity index is 519. The fraction of sp³-hybridized carbons (Fsp3) is 0.308. The molecule has 4 heteroatoms. The Kier molecular flexibility index (Phi) is 3.44. The summed E-state index contributed by atoms with van der Waals surface area (Å²) in [4.78, 5) is 16.8. The Morgan fingerprint density at radius 3 is 3.00 bits per heavy atom. The van der Waals surface area contributed by atoms with Crippen LogP contribution in [0, 0.1) is 0 Å². The number of benzene rings is 1. The van der Waals surface area contributed by atoms with Gasteiger partial charge in [0.25, 0.3) is 5.91 Å². The number of aromatic nitrogens is 1. The monoisotopic (exact) mass is 232 g/mol. The van der Waals surface area contributed by atoms with Crippen molar-refractivity contribution >= 4 is 16.8 Å². The number of hydrogen-bond acceptors (Lipinski definition) is 2. The number of methoxy groups -OCH3 is 1. The van der Waals surface area contributed by atoms with Crippen LogP contribution in [0.4, 0.5) is 0 Å². The van der Waals surface area contributed by atoms with Crippen molar-refractivity contribution in [2.45, 2.75) is 0 Å². The number of nitrogens with one attached hydrogen (secondary N) is 1. The van der Waals surface area contributed by atoms with Crippen LogP contribution in [0.15, 0.2) is 30.5 Å². The van der Waals surface area contributed by atoms with Gasteiger partial charge in [0, 0.05) is 38.0 Å². The van der Waals surface area contributed by atoms with Crippen LogP contribution in [0.5, 0.6) is 0 Å². The van der Waals surface area contributed by atoms with Crippen LogP contribution in [0.1, 0.15) is 10.4 Å². The number of carbonyl (C=O) groups is 1. The summed E-state index contributed by atoms with van der Waals surface area (Å²) in [6.07, 6.45) is 1.87.